The summed E-state index contributed by atoms with van der Waals surface area (Å²) in [7, 11) is 7.80. The molecule has 2 heterocycles. The van der Waals surface area contributed by atoms with Gasteiger partial charge in [0.2, 0.25) is 5.95 Å². The summed E-state index contributed by atoms with van der Waals surface area (Å²) in [4.78, 5) is 15.4. The Morgan fingerprint density at radius 2 is 1.85 bits per heavy atom. The normalized spacial score (nSPS) is 15.2. The molecule has 7 nitrogen and oxygen atoms in total. The minimum absolute atomic E-state index is 0.199. The van der Waals surface area contributed by atoms with Crippen molar-refractivity contribution >= 4 is 17.6 Å². The number of benzene rings is 1. The van der Waals surface area contributed by atoms with Crippen molar-refractivity contribution in [2.24, 2.45) is 12.0 Å². The van der Waals surface area contributed by atoms with Crippen LogP contribution in [0.15, 0.2) is 35.5 Å². The number of guanidine groups is 1. The molecule has 1 N–H and O–H groups in total. The molecule has 27 heavy (non-hydrogen) atoms. The van der Waals surface area contributed by atoms with Gasteiger partial charge in [0, 0.05) is 60.1 Å². The molecule has 1 aromatic carbocycles. The van der Waals surface area contributed by atoms with Crippen LogP contribution in [0.5, 0.6) is 0 Å². The molecule has 0 spiro atoms. The van der Waals surface area contributed by atoms with Crippen LogP contribution < -0.4 is 15.1 Å². The number of halogens is 1. The maximum Gasteiger partial charge on any atom is 0.204 e. The molecule has 0 amide bonds. The summed E-state index contributed by atoms with van der Waals surface area (Å²) < 4.78 is 15.2. The Labute approximate surface area is 160 Å². The number of hydrogen-bond donors (Lipinski definition) is 1. The topological polar surface area (TPSA) is 51.9 Å². The van der Waals surface area contributed by atoms with Gasteiger partial charge in [-0.05, 0) is 24.3 Å². The van der Waals surface area contributed by atoms with Crippen molar-refractivity contribution in [2.75, 3.05) is 57.1 Å². The smallest absolute Gasteiger partial charge is 0.204 e. The monoisotopic (exact) mass is 373 g/mol. The van der Waals surface area contributed by atoms with E-state index in [-0.39, 0.29) is 5.82 Å². The van der Waals surface area contributed by atoms with E-state index in [2.05, 4.69) is 29.7 Å². The average Bonchev–Trinajstić information content (AvgIpc) is 3.04. The zero-order valence-corrected chi connectivity index (χ0v) is 16.5. The van der Waals surface area contributed by atoms with Crippen LogP contribution >= 0.6 is 0 Å². The van der Waals surface area contributed by atoms with Crippen molar-refractivity contribution in [3.05, 3.63) is 42.0 Å². The minimum Gasteiger partial charge on any atom is -0.368 e. The Morgan fingerprint density at radius 3 is 2.41 bits per heavy atom. The summed E-state index contributed by atoms with van der Waals surface area (Å²) in [6, 6.07) is 6.70. The first-order chi connectivity index (χ1) is 13.0. The van der Waals surface area contributed by atoms with Crippen molar-refractivity contribution in [1.29, 1.82) is 0 Å². The number of aliphatic imine (C=N–C) groups is 1. The molecule has 0 atom stereocenters. The number of aromatic nitrogens is 2. The molecule has 0 bridgehead atoms. The van der Waals surface area contributed by atoms with Crippen LogP contribution in [0.3, 0.4) is 0 Å². The SMILES string of the molecule is CN=C(NCc1cnc(N(C)C)n1C)N1CCN(c2ccc(F)cc2)CC1. The van der Waals surface area contributed by atoms with Gasteiger partial charge in [0.25, 0.3) is 0 Å². The fourth-order valence-electron chi connectivity index (χ4n) is 3.34. The Kier molecular flexibility index (Phi) is 5.83. The van der Waals surface area contributed by atoms with Crippen molar-refractivity contribution in [1.82, 2.24) is 19.8 Å². The highest BCUT2D eigenvalue weighted by atomic mass is 19.1. The fourth-order valence-corrected chi connectivity index (χ4v) is 3.34. The van der Waals surface area contributed by atoms with E-state index >= 15 is 0 Å². The number of nitrogens with zero attached hydrogens (tertiary/aromatic N) is 6. The highest BCUT2D eigenvalue weighted by molar-refractivity contribution is 5.80. The summed E-state index contributed by atoms with van der Waals surface area (Å²) in [5.74, 6) is 1.62. The Bertz CT molecular complexity index is 774. The molecule has 1 aromatic heterocycles. The van der Waals surface area contributed by atoms with Gasteiger partial charge >= 0.3 is 0 Å². The van der Waals surface area contributed by atoms with Crippen LogP contribution in [0.4, 0.5) is 16.0 Å². The molecule has 1 fully saturated rings. The lowest BCUT2D eigenvalue weighted by Gasteiger charge is -2.37. The standard InChI is InChI=1S/C19H28FN7/c1-21-18(22-13-17-14-23-19(24(2)3)25(17)4)27-11-9-26(10-12-27)16-7-5-15(20)6-8-16/h5-8,14H,9-13H2,1-4H3,(H,21,22). The number of imidazole rings is 1. The number of piperazine rings is 1. The van der Waals surface area contributed by atoms with Crippen LogP contribution in [0.1, 0.15) is 5.69 Å². The highest BCUT2D eigenvalue weighted by Gasteiger charge is 2.20. The molecule has 8 heteroatoms. The van der Waals surface area contributed by atoms with Gasteiger partial charge < -0.3 is 24.6 Å². The van der Waals surface area contributed by atoms with Crippen molar-refractivity contribution in [3.63, 3.8) is 0 Å². The summed E-state index contributed by atoms with van der Waals surface area (Å²) >= 11 is 0. The molecule has 1 aliphatic rings. The lowest BCUT2D eigenvalue weighted by Crippen LogP contribution is -2.52. The summed E-state index contributed by atoms with van der Waals surface area (Å²) in [5, 5.41) is 3.44. The van der Waals surface area contributed by atoms with Crippen LogP contribution in [0.2, 0.25) is 0 Å². The predicted octanol–water partition coefficient (Wildman–Crippen LogP) is 1.52. The molecule has 1 saturated heterocycles. The van der Waals surface area contributed by atoms with Crippen molar-refractivity contribution in [3.8, 4) is 0 Å². The van der Waals surface area contributed by atoms with Crippen LogP contribution in [-0.4, -0.2) is 67.7 Å². The zero-order chi connectivity index (χ0) is 19.4. The second-order valence-electron chi connectivity index (χ2n) is 6.85. The zero-order valence-electron chi connectivity index (χ0n) is 16.5. The number of hydrogen-bond acceptors (Lipinski definition) is 4. The molecular formula is C19H28FN7. The lowest BCUT2D eigenvalue weighted by atomic mass is 10.2. The van der Waals surface area contributed by atoms with E-state index < -0.39 is 0 Å². The van der Waals surface area contributed by atoms with E-state index in [1.54, 1.807) is 0 Å². The first-order valence-corrected chi connectivity index (χ1v) is 9.13. The van der Waals surface area contributed by atoms with Crippen LogP contribution in [0.25, 0.3) is 0 Å². The van der Waals surface area contributed by atoms with Crippen molar-refractivity contribution in [2.45, 2.75) is 6.54 Å². The van der Waals surface area contributed by atoms with Gasteiger partial charge in [0.05, 0.1) is 18.4 Å². The quantitative estimate of drug-likeness (QED) is 0.651. The van der Waals surface area contributed by atoms with E-state index in [4.69, 9.17) is 0 Å². The first kappa shape index (κ1) is 19.0. The second-order valence-corrected chi connectivity index (χ2v) is 6.85. The van der Waals surface area contributed by atoms with E-state index in [1.165, 1.54) is 12.1 Å². The molecule has 146 valence electrons. The van der Waals surface area contributed by atoms with Gasteiger partial charge in [-0.3, -0.25) is 4.99 Å². The van der Waals surface area contributed by atoms with Gasteiger partial charge in [-0.2, -0.15) is 0 Å². The minimum atomic E-state index is -0.199. The van der Waals surface area contributed by atoms with Gasteiger partial charge in [-0.15, -0.1) is 0 Å². The van der Waals surface area contributed by atoms with Crippen LogP contribution in [-0.2, 0) is 13.6 Å². The Morgan fingerprint density at radius 1 is 1.19 bits per heavy atom. The molecular weight excluding hydrogens is 345 g/mol. The number of rotatable bonds is 4. The average molecular weight is 373 g/mol. The van der Waals surface area contributed by atoms with E-state index in [0.717, 1.165) is 49.5 Å². The molecule has 0 aliphatic carbocycles. The van der Waals surface area contributed by atoms with E-state index in [9.17, 15) is 4.39 Å². The largest absolute Gasteiger partial charge is 0.368 e. The molecule has 0 unspecified atom stereocenters. The van der Waals surface area contributed by atoms with Crippen molar-refractivity contribution < 1.29 is 4.39 Å². The molecule has 3 rings (SSSR count). The van der Waals surface area contributed by atoms with Gasteiger partial charge in [0.1, 0.15) is 5.82 Å². The first-order valence-electron chi connectivity index (χ1n) is 9.13. The van der Waals surface area contributed by atoms with Gasteiger partial charge in [0.15, 0.2) is 5.96 Å². The molecule has 1 aliphatic heterocycles. The molecule has 0 saturated carbocycles. The maximum atomic E-state index is 13.1. The molecule has 2 aromatic rings. The number of nitrogens with one attached hydrogen (secondary N) is 1. The molecule has 0 radical (unpaired) electrons. The third-order valence-corrected chi connectivity index (χ3v) is 4.87. The third-order valence-electron chi connectivity index (χ3n) is 4.87. The summed E-state index contributed by atoms with van der Waals surface area (Å²) in [6.45, 7) is 4.16. The lowest BCUT2D eigenvalue weighted by molar-refractivity contribution is 0.372. The maximum absolute atomic E-state index is 13.1. The predicted molar refractivity (Wildman–Crippen MR) is 108 cm³/mol. The van der Waals surface area contributed by atoms with E-state index in [0.29, 0.717) is 6.54 Å². The van der Waals surface area contributed by atoms with Gasteiger partial charge in [-0.1, -0.05) is 0 Å². The summed E-state index contributed by atoms with van der Waals surface area (Å²) in [6.07, 6.45) is 1.89. The van der Waals surface area contributed by atoms with Gasteiger partial charge in [-0.25, -0.2) is 9.37 Å². The Hall–Kier alpha value is -2.77. The summed E-state index contributed by atoms with van der Waals surface area (Å²) in [5.41, 5.74) is 2.16. The Balaban J connectivity index is 1.55. The fraction of sp³-hybridized carbons (Fsp3) is 0.474. The third kappa shape index (κ3) is 4.32. The number of anilines is 2. The second kappa shape index (κ2) is 8.28. The van der Waals surface area contributed by atoms with Crippen LogP contribution in [0, 0.1) is 5.82 Å². The highest BCUT2D eigenvalue weighted by Crippen LogP contribution is 2.17. The van der Waals surface area contributed by atoms with E-state index in [1.807, 2.05) is 51.4 Å².